The van der Waals surface area contributed by atoms with Gasteiger partial charge < -0.3 is 15.5 Å². The molecule has 0 bridgehead atoms. The monoisotopic (exact) mass is 456 g/mol. The number of carbonyl (C=O) groups excluding carboxylic acids is 4. The normalized spacial score (nSPS) is 17.8. The maximum absolute atomic E-state index is 12.9. The second-order valence-electron chi connectivity index (χ2n) is 7.94. The zero-order valence-electron chi connectivity index (χ0n) is 17.5. The van der Waals surface area contributed by atoms with Crippen LogP contribution in [0.2, 0.25) is 5.02 Å². The molecule has 168 valence electrons. The topological polar surface area (TPSA) is 108 Å². The summed E-state index contributed by atoms with van der Waals surface area (Å²) in [7, 11) is 0. The van der Waals surface area contributed by atoms with Crippen LogP contribution in [0.4, 0.5) is 5.69 Å². The molecule has 0 radical (unpaired) electrons. The Kier molecular flexibility index (Phi) is 6.14. The molecular formula is C23H25ClN4O4. The largest absolute Gasteiger partial charge is 0.376 e. The van der Waals surface area contributed by atoms with E-state index < -0.39 is 11.9 Å². The first-order valence-electron chi connectivity index (χ1n) is 10.4. The molecule has 1 saturated heterocycles. The average Bonchev–Trinajstić information content (AvgIpc) is 3.10. The zero-order chi connectivity index (χ0) is 22.8. The summed E-state index contributed by atoms with van der Waals surface area (Å²) in [4.78, 5) is 50.3. The molecular weight excluding hydrogens is 432 g/mol. The molecule has 1 unspecified atom stereocenters. The van der Waals surface area contributed by atoms with Crippen LogP contribution < -0.4 is 16.0 Å². The Bertz CT molecular complexity index is 1120. The zero-order valence-corrected chi connectivity index (χ0v) is 18.3. The molecule has 0 spiro atoms. The van der Waals surface area contributed by atoms with E-state index in [4.69, 9.17) is 11.6 Å². The van der Waals surface area contributed by atoms with Crippen molar-refractivity contribution in [1.82, 2.24) is 15.5 Å². The van der Waals surface area contributed by atoms with E-state index in [1.165, 1.54) is 4.90 Å². The van der Waals surface area contributed by atoms with Gasteiger partial charge in [-0.2, -0.15) is 0 Å². The van der Waals surface area contributed by atoms with Crippen LogP contribution in [0.25, 0.3) is 0 Å². The van der Waals surface area contributed by atoms with E-state index in [9.17, 15) is 19.2 Å². The molecule has 2 aromatic carbocycles. The van der Waals surface area contributed by atoms with Crippen molar-refractivity contribution in [3.8, 4) is 0 Å². The molecule has 0 aliphatic carbocycles. The van der Waals surface area contributed by atoms with Crippen LogP contribution in [-0.4, -0.2) is 41.1 Å². The summed E-state index contributed by atoms with van der Waals surface area (Å²) in [6.45, 7) is 2.51. The lowest BCUT2D eigenvalue weighted by Crippen LogP contribution is -2.52. The van der Waals surface area contributed by atoms with E-state index in [2.05, 4.69) is 16.0 Å². The van der Waals surface area contributed by atoms with Gasteiger partial charge >= 0.3 is 0 Å². The lowest BCUT2D eigenvalue weighted by Gasteiger charge is -2.29. The first kappa shape index (κ1) is 21.8. The Labute approximate surface area is 191 Å². The Balaban J connectivity index is 0.00000306. The van der Waals surface area contributed by atoms with Gasteiger partial charge in [0, 0.05) is 37.2 Å². The number of nitrogens with one attached hydrogen (secondary N) is 3. The highest BCUT2D eigenvalue weighted by molar-refractivity contribution is 6.31. The fourth-order valence-corrected chi connectivity index (χ4v) is 4.14. The van der Waals surface area contributed by atoms with Crippen LogP contribution in [0.5, 0.6) is 0 Å². The molecule has 0 saturated carbocycles. The van der Waals surface area contributed by atoms with Crippen LogP contribution in [0, 0.1) is 6.92 Å². The summed E-state index contributed by atoms with van der Waals surface area (Å²) in [6, 6.07) is 10.2. The minimum absolute atomic E-state index is 0. The number of carbonyl (C=O) groups is 4. The number of aryl methyl sites for hydroxylation is 1. The number of halogens is 1. The standard InChI is InChI=1S/C23H23ClN4O4.H2/c1-13-5-6-15(9-18(13)24)25-11-21(30)26-10-14-3-2-4-16-17(14)12-28(23(16)32)19-7-8-20(29)27-22(19)31;/h2-6,9,19,25H,7-8,10-12H2,1H3,(H,26,30)(H,27,29,31);1H. The second-order valence-corrected chi connectivity index (χ2v) is 8.34. The SMILES string of the molecule is Cc1ccc(NCC(=O)NCc2cccc3c2CN(C2CCC(=O)NC2=O)C3=O)cc1Cl.[HH]. The van der Waals surface area contributed by atoms with Gasteiger partial charge in [0.15, 0.2) is 0 Å². The summed E-state index contributed by atoms with van der Waals surface area (Å²) in [6.07, 6.45) is 0.518. The summed E-state index contributed by atoms with van der Waals surface area (Å²) in [5.74, 6) is -1.20. The number of rotatable bonds is 6. The van der Waals surface area contributed by atoms with Crippen molar-refractivity contribution >= 4 is 40.9 Å². The molecule has 2 heterocycles. The van der Waals surface area contributed by atoms with E-state index >= 15 is 0 Å². The van der Waals surface area contributed by atoms with E-state index in [1.54, 1.807) is 18.2 Å². The highest BCUT2D eigenvalue weighted by Gasteiger charge is 2.39. The van der Waals surface area contributed by atoms with Crippen molar-refractivity contribution in [3.63, 3.8) is 0 Å². The first-order chi connectivity index (χ1) is 15.3. The number of anilines is 1. The van der Waals surface area contributed by atoms with Crippen molar-refractivity contribution in [2.24, 2.45) is 0 Å². The predicted molar refractivity (Wildman–Crippen MR) is 121 cm³/mol. The van der Waals surface area contributed by atoms with Gasteiger partial charge in [0.25, 0.3) is 5.91 Å². The molecule has 3 N–H and O–H groups in total. The van der Waals surface area contributed by atoms with Gasteiger partial charge in [-0.05, 0) is 48.2 Å². The third kappa shape index (κ3) is 4.45. The molecule has 9 heteroatoms. The van der Waals surface area contributed by atoms with E-state index in [-0.39, 0.29) is 45.2 Å². The lowest BCUT2D eigenvalue weighted by atomic mass is 10.0. The molecule has 0 aromatic heterocycles. The quantitative estimate of drug-likeness (QED) is 0.578. The maximum Gasteiger partial charge on any atom is 0.255 e. The Hall–Kier alpha value is -3.39. The highest BCUT2D eigenvalue weighted by atomic mass is 35.5. The van der Waals surface area contributed by atoms with Crippen molar-refractivity contribution in [1.29, 1.82) is 0 Å². The Morgan fingerprint density at radius 1 is 1.25 bits per heavy atom. The smallest absolute Gasteiger partial charge is 0.255 e. The van der Waals surface area contributed by atoms with Crippen molar-refractivity contribution in [2.45, 2.75) is 38.9 Å². The van der Waals surface area contributed by atoms with E-state index in [0.29, 0.717) is 17.0 Å². The van der Waals surface area contributed by atoms with Crippen LogP contribution >= 0.6 is 11.6 Å². The minimum Gasteiger partial charge on any atom is -0.376 e. The van der Waals surface area contributed by atoms with Crippen LogP contribution in [0.15, 0.2) is 36.4 Å². The predicted octanol–water partition coefficient (Wildman–Crippen LogP) is 2.38. The van der Waals surface area contributed by atoms with Gasteiger partial charge in [0.1, 0.15) is 6.04 Å². The van der Waals surface area contributed by atoms with Crippen molar-refractivity contribution in [2.75, 3.05) is 11.9 Å². The number of hydrogen-bond donors (Lipinski definition) is 3. The fraction of sp³-hybridized carbons (Fsp3) is 0.304. The van der Waals surface area contributed by atoms with Gasteiger partial charge in [0.2, 0.25) is 17.7 Å². The molecule has 4 rings (SSSR count). The molecule has 1 atom stereocenters. The number of piperidine rings is 1. The summed E-state index contributed by atoms with van der Waals surface area (Å²) in [5.41, 5.74) is 3.84. The maximum atomic E-state index is 12.9. The van der Waals surface area contributed by atoms with E-state index in [1.807, 2.05) is 25.1 Å². The molecule has 1 fully saturated rings. The second kappa shape index (κ2) is 9.00. The Morgan fingerprint density at radius 3 is 2.81 bits per heavy atom. The number of amides is 4. The van der Waals surface area contributed by atoms with Gasteiger partial charge in [-0.15, -0.1) is 0 Å². The van der Waals surface area contributed by atoms with Crippen LogP contribution in [0.3, 0.4) is 0 Å². The molecule has 4 amide bonds. The number of fused-ring (bicyclic) bond motifs is 1. The number of imide groups is 1. The molecule has 2 aliphatic rings. The number of benzene rings is 2. The number of nitrogens with zero attached hydrogens (tertiary/aromatic N) is 1. The average molecular weight is 457 g/mol. The third-order valence-corrected chi connectivity index (χ3v) is 6.19. The van der Waals surface area contributed by atoms with Crippen molar-refractivity contribution < 1.29 is 20.6 Å². The third-order valence-electron chi connectivity index (χ3n) is 5.78. The van der Waals surface area contributed by atoms with Crippen LogP contribution in [0.1, 0.15) is 41.3 Å². The Morgan fingerprint density at radius 2 is 2.06 bits per heavy atom. The summed E-state index contributed by atoms with van der Waals surface area (Å²) >= 11 is 6.11. The highest BCUT2D eigenvalue weighted by Crippen LogP contribution is 2.29. The summed E-state index contributed by atoms with van der Waals surface area (Å²) in [5, 5.41) is 8.82. The van der Waals surface area contributed by atoms with Gasteiger partial charge in [-0.3, -0.25) is 24.5 Å². The fourth-order valence-electron chi connectivity index (χ4n) is 3.96. The van der Waals surface area contributed by atoms with Gasteiger partial charge in [-0.1, -0.05) is 29.8 Å². The molecule has 2 aromatic rings. The van der Waals surface area contributed by atoms with Crippen molar-refractivity contribution in [3.05, 3.63) is 63.7 Å². The lowest BCUT2D eigenvalue weighted by molar-refractivity contribution is -0.137. The van der Waals surface area contributed by atoms with Gasteiger partial charge in [0.05, 0.1) is 6.54 Å². The first-order valence-corrected chi connectivity index (χ1v) is 10.7. The molecule has 8 nitrogen and oxygen atoms in total. The summed E-state index contributed by atoms with van der Waals surface area (Å²) < 4.78 is 0. The van der Waals surface area contributed by atoms with E-state index in [0.717, 1.165) is 22.4 Å². The number of hydrogen-bond acceptors (Lipinski definition) is 5. The van der Waals surface area contributed by atoms with Crippen LogP contribution in [-0.2, 0) is 27.5 Å². The molecule has 2 aliphatic heterocycles. The van der Waals surface area contributed by atoms with Gasteiger partial charge in [-0.25, -0.2) is 0 Å². The minimum atomic E-state index is -0.666. The molecule has 32 heavy (non-hydrogen) atoms.